The maximum atomic E-state index is 10.0. The molecule has 2 aliphatic heterocycles. The smallest absolute Gasteiger partial charge is 0.192 e. The van der Waals surface area contributed by atoms with E-state index in [9.17, 15) is 4.79 Å². The third-order valence-corrected chi connectivity index (χ3v) is 8.87. The summed E-state index contributed by atoms with van der Waals surface area (Å²) in [5, 5.41) is 9.53. The summed E-state index contributed by atoms with van der Waals surface area (Å²) in [5.74, 6) is -0.0625. The molecule has 0 fully saturated rings. The van der Waals surface area contributed by atoms with Gasteiger partial charge in [-0.1, -0.05) is 117 Å². The van der Waals surface area contributed by atoms with Gasteiger partial charge < -0.3 is 5.11 Å². The molecule has 0 saturated carbocycles. The number of aliphatic hydroxyl groups is 1. The average molecular weight is 741 g/mol. The molecule has 4 aromatic carbocycles. The summed E-state index contributed by atoms with van der Waals surface area (Å²) < 4.78 is 0. The van der Waals surface area contributed by atoms with Crippen molar-refractivity contribution in [2.24, 2.45) is 0 Å². The van der Waals surface area contributed by atoms with E-state index in [2.05, 4.69) is 125 Å². The van der Waals surface area contributed by atoms with Crippen molar-refractivity contribution in [2.45, 2.75) is 52.4 Å². The molecule has 5 aromatic rings. The van der Waals surface area contributed by atoms with Crippen LogP contribution in [0.15, 0.2) is 103 Å². The monoisotopic (exact) mass is 741 g/mol. The van der Waals surface area contributed by atoms with Crippen molar-refractivity contribution in [2.75, 3.05) is 0 Å². The second-order valence-corrected chi connectivity index (χ2v) is 12.5. The number of aliphatic hydroxyl groups excluding tert-OH is 1. The van der Waals surface area contributed by atoms with Crippen LogP contribution in [0, 0.1) is 6.07 Å². The Hall–Kier alpha value is -3.79. The Morgan fingerprint density at radius 2 is 1.37 bits per heavy atom. The standard InChI is InChI=1S/C33H27BN.C5H8O2.Ir/c1-32(2)23-12-6-8-14-27(23)34-28-15-9-7-13-24(28)33(3,4)26-20-22(19-25(32)31(26)34)30-18-17-21-11-5-10-16-29(21)35-30;1-4(6)3-5(2)7;/h5-19H,1-4H3;3,6H,1-2H3;/q-1;;/b;4-3-;. The number of aromatic nitrogens is 1. The Bertz CT molecular complexity index is 1820. The largest absolute Gasteiger partial charge is 0.512 e. The first kappa shape index (κ1) is 30.7. The number of allylic oxidation sites excluding steroid dienone is 2. The normalized spacial score (nSPS) is 15.2. The van der Waals surface area contributed by atoms with Crippen molar-refractivity contribution in [3.63, 3.8) is 0 Å². The van der Waals surface area contributed by atoms with Crippen LogP contribution >= 0.6 is 0 Å². The molecular weight excluding hydrogens is 705 g/mol. The Balaban J connectivity index is 0.000000415. The number of ketones is 1. The molecule has 5 heteroatoms. The van der Waals surface area contributed by atoms with Crippen LogP contribution in [0.4, 0.5) is 0 Å². The topological polar surface area (TPSA) is 50.2 Å². The van der Waals surface area contributed by atoms with Crippen LogP contribution in [0.2, 0.25) is 0 Å². The molecule has 2 aliphatic rings. The van der Waals surface area contributed by atoms with Crippen LogP contribution in [0.5, 0.6) is 0 Å². The molecule has 0 saturated heterocycles. The second-order valence-electron chi connectivity index (χ2n) is 12.5. The summed E-state index contributed by atoms with van der Waals surface area (Å²) in [6.07, 6.45) is 1.17. The maximum Gasteiger partial charge on any atom is 0.192 e. The zero-order valence-electron chi connectivity index (χ0n) is 25.5. The van der Waals surface area contributed by atoms with E-state index in [1.807, 2.05) is 0 Å². The second kappa shape index (κ2) is 11.4. The Kier molecular flexibility index (Phi) is 8.11. The van der Waals surface area contributed by atoms with E-state index in [0.29, 0.717) is 0 Å². The fraction of sp³-hybridized carbons (Fsp3) is 0.211. The van der Waals surface area contributed by atoms with Crippen molar-refractivity contribution < 1.29 is 30.0 Å². The minimum atomic E-state index is -0.146. The third kappa shape index (κ3) is 5.20. The van der Waals surface area contributed by atoms with Gasteiger partial charge >= 0.3 is 0 Å². The number of rotatable bonds is 2. The first-order valence-corrected chi connectivity index (χ1v) is 14.5. The summed E-state index contributed by atoms with van der Waals surface area (Å²) in [5.41, 5.74) is 12.7. The molecule has 43 heavy (non-hydrogen) atoms. The van der Waals surface area contributed by atoms with Crippen LogP contribution in [-0.4, -0.2) is 22.6 Å². The molecule has 0 aliphatic carbocycles. The Morgan fingerprint density at radius 3 is 1.98 bits per heavy atom. The molecule has 3 heterocycles. The predicted octanol–water partition coefficient (Wildman–Crippen LogP) is 6.53. The number of carbonyl (C=O) groups is 1. The summed E-state index contributed by atoms with van der Waals surface area (Å²) >= 11 is 0. The minimum Gasteiger partial charge on any atom is -0.512 e. The van der Waals surface area contributed by atoms with Gasteiger partial charge in [0.05, 0.1) is 11.3 Å². The number of pyridine rings is 1. The maximum absolute atomic E-state index is 10.0. The molecule has 0 bridgehead atoms. The van der Waals surface area contributed by atoms with Gasteiger partial charge in [-0.25, -0.2) is 0 Å². The van der Waals surface area contributed by atoms with Gasteiger partial charge in [-0.2, -0.15) is 0 Å². The minimum absolute atomic E-state index is 0. The van der Waals surface area contributed by atoms with Gasteiger partial charge in [-0.05, 0) is 53.0 Å². The van der Waals surface area contributed by atoms with E-state index in [4.69, 9.17) is 10.1 Å². The third-order valence-electron chi connectivity index (χ3n) is 8.87. The van der Waals surface area contributed by atoms with Crippen LogP contribution in [0.25, 0.3) is 22.2 Å². The predicted molar refractivity (Wildman–Crippen MR) is 175 cm³/mol. The van der Waals surface area contributed by atoms with E-state index < -0.39 is 0 Å². The molecule has 1 aromatic heterocycles. The van der Waals surface area contributed by atoms with Gasteiger partial charge in [0, 0.05) is 26.2 Å². The summed E-state index contributed by atoms with van der Waals surface area (Å²) in [6.45, 7) is 12.6. The van der Waals surface area contributed by atoms with Crippen molar-refractivity contribution in [3.05, 3.63) is 131 Å². The molecule has 217 valence electrons. The average Bonchev–Trinajstić information content (AvgIpc) is 2.96. The van der Waals surface area contributed by atoms with Crippen molar-refractivity contribution in [1.29, 1.82) is 0 Å². The SMILES string of the molecule is CC(=O)/C=C(/C)O.CC1(C)c2[c-]c(-c3ccc4ccccc4n3)cc3c2B(c2ccccc21)c1ccccc1C3(C)C.[Ir]. The number of nitrogens with zero attached hydrogens (tertiary/aromatic N) is 1. The molecule has 0 unspecified atom stereocenters. The number of benzene rings is 4. The van der Waals surface area contributed by atoms with Crippen LogP contribution in [0.3, 0.4) is 0 Å². The number of fused-ring (bicyclic) bond motifs is 5. The molecule has 1 N–H and O–H groups in total. The van der Waals surface area contributed by atoms with E-state index in [1.165, 1.54) is 64.0 Å². The van der Waals surface area contributed by atoms with Crippen LogP contribution in [-0.2, 0) is 35.7 Å². The molecule has 1 radical (unpaired) electrons. The first-order chi connectivity index (χ1) is 20.0. The fourth-order valence-corrected chi connectivity index (χ4v) is 6.95. The van der Waals surface area contributed by atoms with Crippen molar-refractivity contribution >= 4 is 39.8 Å². The van der Waals surface area contributed by atoms with Gasteiger partial charge in [-0.15, -0.1) is 34.3 Å². The van der Waals surface area contributed by atoms with Gasteiger partial charge in [-0.3, -0.25) is 9.78 Å². The number of carbonyl (C=O) groups excluding carboxylic acids is 1. The van der Waals surface area contributed by atoms with Gasteiger partial charge in [0.15, 0.2) is 12.5 Å². The number of hydrogen-bond donors (Lipinski definition) is 1. The summed E-state index contributed by atoms with van der Waals surface area (Å²) in [7, 11) is 0. The quantitative estimate of drug-likeness (QED) is 0.0970. The zero-order chi connectivity index (χ0) is 29.8. The fourth-order valence-electron chi connectivity index (χ4n) is 6.95. The molecule has 0 spiro atoms. The molecule has 3 nitrogen and oxygen atoms in total. The molecule has 7 rings (SSSR count). The van der Waals surface area contributed by atoms with Crippen molar-refractivity contribution in [3.8, 4) is 11.3 Å². The van der Waals surface area contributed by atoms with Gasteiger partial charge in [0.1, 0.15) is 0 Å². The Labute approximate surface area is 268 Å². The van der Waals surface area contributed by atoms with E-state index in [-0.39, 0.29) is 49.2 Å². The van der Waals surface area contributed by atoms with E-state index in [0.717, 1.165) is 16.8 Å². The molecule has 0 amide bonds. The summed E-state index contributed by atoms with van der Waals surface area (Å²) in [4.78, 5) is 15.1. The first-order valence-electron chi connectivity index (χ1n) is 14.5. The Morgan fingerprint density at radius 1 is 0.791 bits per heavy atom. The van der Waals surface area contributed by atoms with E-state index in [1.54, 1.807) is 0 Å². The number of para-hydroxylation sites is 1. The number of hydrogen-bond acceptors (Lipinski definition) is 3. The van der Waals surface area contributed by atoms with E-state index >= 15 is 0 Å². The van der Waals surface area contributed by atoms with Crippen LogP contribution in [0.1, 0.15) is 63.8 Å². The van der Waals surface area contributed by atoms with Gasteiger partial charge in [0.2, 0.25) is 0 Å². The molecule has 0 atom stereocenters. The zero-order valence-corrected chi connectivity index (χ0v) is 27.8. The van der Waals surface area contributed by atoms with Gasteiger partial charge in [0.25, 0.3) is 0 Å². The summed E-state index contributed by atoms with van der Waals surface area (Å²) in [6, 6.07) is 37.0. The molecular formula is C38H35BIrNO2-. The van der Waals surface area contributed by atoms with Crippen molar-refractivity contribution in [1.82, 2.24) is 4.98 Å². The van der Waals surface area contributed by atoms with Crippen LogP contribution < -0.4 is 16.4 Å².